The van der Waals surface area contributed by atoms with Gasteiger partial charge in [0.15, 0.2) is 0 Å². The number of amides is 1. The van der Waals surface area contributed by atoms with Crippen molar-refractivity contribution in [2.45, 2.75) is 6.92 Å². The quantitative estimate of drug-likeness (QED) is 0.685. The van der Waals surface area contributed by atoms with Gasteiger partial charge in [0.25, 0.3) is 5.91 Å². The van der Waals surface area contributed by atoms with Crippen LogP contribution in [0.15, 0.2) is 54.7 Å². The van der Waals surface area contributed by atoms with Crippen molar-refractivity contribution in [2.75, 3.05) is 5.32 Å². The zero-order chi connectivity index (χ0) is 15.5. The van der Waals surface area contributed by atoms with Crippen molar-refractivity contribution >= 4 is 34.5 Å². The van der Waals surface area contributed by atoms with Gasteiger partial charge in [-0.2, -0.15) is 0 Å². The first-order valence-corrected chi connectivity index (χ1v) is 7.92. The molecule has 0 atom stereocenters. The largest absolute Gasteiger partial charge is 0.321 e. The van der Waals surface area contributed by atoms with E-state index in [9.17, 15) is 4.79 Å². The van der Waals surface area contributed by atoms with Gasteiger partial charge in [-0.25, -0.2) is 4.98 Å². The molecule has 2 aromatic heterocycles. The molecular formula is C17H13ClN2OS. The second-order valence-corrected chi connectivity index (χ2v) is 6.40. The second kappa shape index (κ2) is 6.30. The Kier molecular flexibility index (Phi) is 4.22. The Morgan fingerprint density at radius 3 is 2.68 bits per heavy atom. The second-order valence-electron chi connectivity index (χ2n) is 4.75. The number of halogens is 1. The summed E-state index contributed by atoms with van der Waals surface area (Å²) in [6, 6.07) is 15.2. The van der Waals surface area contributed by atoms with Gasteiger partial charge < -0.3 is 5.32 Å². The van der Waals surface area contributed by atoms with E-state index in [-0.39, 0.29) is 11.1 Å². The van der Waals surface area contributed by atoms with Crippen molar-refractivity contribution in [2.24, 2.45) is 0 Å². The standard InChI is InChI=1S/C17H13ClN2OS/c1-11-8-9-15(22-11)12-5-2-3-7-14(12)20-17(21)13-6-4-10-19-16(13)18/h2-10H,1H3,(H,20,21). The van der Waals surface area contributed by atoms with Crippen molar-refractivity contribution in [3.05, 3.63) is 70.3 Å². The minimum Gasteiger partial charge on any atom is -0.321 e. The molecule has 0 spiro atoms. The molecule has 1 aromatic carbocycles. The summed E-state index contributed by atoms with van der Waals surface area (Å²) in [5, 5.41) is 3.12. The lowest BCUT2D eigenvalue weighted by Crippen LogP contribution is -2.13. The molecule has 1 N–H and O–H groups in total. The molecule has 1 amide bonds. The van der Waals surface area contributed by atoms with Crippen LogP contribution in [0.1, 0.15) is 15.2 Å². The van der Waals surface area contributed by atoms with Gasteiger partial charge in [0.1, 0.15) is 5.15 Å². The van der Waals surface area contributed by atoms with E-state index in [2.05, 4.69) is 29.4 Å². The highest BCUT2D eigenvalue weighted by atomic mass is 35.5. The van der Waals surface area contributed by atoms with Crippen LogP contribution in [-0.4, -0.2) is 10.9 Å². The third-order valence-electron chi connectivity index (χ3n) is 3.18. The molecule has 0 bridgehead atoms. The van der Waals surface area contributed by atoms with Gasteiger partial charge >= 0.3 is 0 Å². The summed E-state index contributed by atoms with van der Waals surface area (Å²) in [6.45, 7) is 2.06. The lowest BCUT2D eigenvalue weighted by molar-refractivity contribution is 0.102. The monoisotopic (exact) mass is 328 g/mol. The molecule has 3 rings (SSSR count). The predicted octanol–water partition coefficient (Wildman–Crippen LogP) is 5.02. The fourth-order valence-electron chi connectivity index (χ4n) is 2.13. The van der Waals surface area contributed by atoms with Gasteiger partial charge in [0.05, 0.1) is 5.56 Å². The Hall–Kier alpha value is -2.17. The van der Waals surface area contributed by atoms with E-state index in [1.807, 2.05) is 24.3 Å². The molecule has 3 aromatic rings. The number of thiophene rings is 1. The number of para-hydroxylation sites is 1. The number of rotatable bonds is 3. The fraction of sp³-hybridized carbons (Fsp3) is 0.0588. The Morgan fingerprint density at radius 2 is 1.95 bits per heavy atom. The molecule has 0 aliphatic rings. The molecule has 110 valence electrons. The number of carbonyl (C=O) groups is 1. The first kappa shape index (κ1) is 14.8. The lowest BCUT2D eigenvalue weighted by Gasteiger charge is -2.10. The number of nitrogens with zero attached hydrogens (tertiary/aromatic N) is 1. The summed E-state index contributed by atoms with van der Waals surface area (Å²) in [4.78, 5) is 18.7. The van der Waals surface area contributed by atoms with E-state index in [0.29, 0.717) is 5.56 Å². The molecule has 0 saturated heterocycles. The Balaban J connectivity index is 1.93. The number of hydrogen-bond acceptors (Lipinski definition) is 3. The third kappa shape index (κ3) is 3.03. The summed E-state index contributed by atoms with van der Waals surface area (Å²) in [5.41, 5.74) is 2.12. The SMILES string of the molecule is Cc1ccc(-c2ccccc2NC(=O)c2cccnc2Cl)s1. The van der Waals surface area contributed by atoms with Gasteiger partial charge in [-0.05, 0) is 37.3 Å². The van der Waals surface area contributed by atoms with Crippen molar-refractivity contribution < 1.29 is 4.79 Å². The Labute approximate surface area is 137 Å². The predicted molar refractivity (Wildman–Crippen MR) is 91.7 cm³/mol. The number of aromatic nitrogens is 1. The molecule has 0 saturated carbocycles. The maximum absolute atomic E-state index is 12.4. The Bertz CT molecular complexity index is 829. The Morgan fingerprint density at radius 1 is 1.14 bits per heavy atom. The number of pyridine rings is 1. The topological polar surface area (TPSA) is 42.0 Å². The average Bonchev–Trinajstić information content (AvgIpc) is 2.94. The van der Waals surface area contributed by atoms with Crippen molar-refractivity contribution in [3.8, 4) is 10.4 Å². The zero-order valence-electron chi connectivity index (χ0n) is 11.8. The first-order chi connectivity index (χ1) is 10.6. The van der Waals surface area contributed by atoms with E-state index in [1.54, 1.807) is 29.7 Å². The van der Waals surface area contributed by atoms with Crippen LogP contribution < -0.4 is 5.32 Å². The molecule has 5 heteroatoms. The van der Waals surface area contributed by atoms with Gasteiger partial charge in [0.2, 0.25) is 0 Å². The number of carbonyl (C=O) groups excluding carboxylic acids is 1. The maximum atomic E-state index is 12.4. The van der Waals surface area contributed by atoms with Gasteiger partial charge in [-0.3, -0.25) is 4.79 Å². The highest BCUT2D eigenvalue weighted by Gasteiger charge is 2.14. The van der Waals surface area contributed by atoms with Crippen LogP contribution in [0.25, 0.3) is 10.4 Å². The van der Waals surface area contributed by atoms with Crippen molar-refractivity contribution in [1.82, 2.24) is 4.98 Å². The first-order valence-electron chi connectivity index (χ1n) is 6.73. The van der Waals surface area contributed by atoms with Crippen LogP contribution >= 0.6 is 22.9 Å². The van der Waals surface area contributed by atoms with Crippen LogP contribution in [-0.2, 0) is 0 Å². The van der Waals surface area contributed by atoms with Crippen LogP contribution in [0, 0.1) is 6.92 Å². The molecule has 0 radical (unpaired) electrons. The van der Waals surface area contributed by atoms with Gasteiger partial charge in [0, 0.05) is 27.2 Å². The number of hydrogen-bond donors (Lipinski definition) is 1. The molecule has 3 nitrogen and oxygen atoms in total. The minimum atomic E-state index is -0.265. The van der Waals surface area contributed by atoms with Crippen molar-refractivity contribution in [3.63, 3.8) is 0 Å². The van der Waals surface area contributed by atoms with Crippen LogP contribution in [0.4, 0.5) is 5.69 Å². The number of anilines is 1. The highest BCUT2D eigenvalue weighted by molar-refractivity contribution is 7.15. The fourth-order valence-corrected chi connectivity index (χ4v) is 3.24. The van der Waals surface area contributed by atoms with E-state index in [1.165, 1.54) is 4.88 Å². The van der Waals surface area contributed by atoms with Crippen molar-refractivity contribution in [1.29, 1.82) is 0 Å². The number of aryl methyl sites for hydroxylation is 1. The normalized spacial score (nSPS) is 10.5. The third-order valence-corrected chi connectivity index (χ3v) is 4.52. The van der Waals surface area contributed by atoms with Gasteiger partial charge in [-0.15, -0.1) is 11.3 Å². The lowest BCUT2D eigenvalue weighted by atomic mass is 10.1. The van der Waals surface area contributed by atoms with Gasteiger partial charge in [-0.1, -0.05) is 29.8 Å². The maximum Gasteiger partial charge on any atom is 0.258 e. The average molecular weight is 329 g/mol. The smallest absolute Gasteiger partial charge is 0.258 e. The molecule has 0 aliphatic heterocycles. The van der Waals surface area contributed by atoms with Crippen LogP contribution in [0.3, 0.4) is 0 Å². The summed E-state index contributed by atoms with van der Waals surface area (Å²) in [7, 11) is 0. The summed E-state index contributed by atoms with van der Waals surface area (Å²) >= 11 is 7.67. The summed E-state index contributed by atoms with van der Waals surface area (Å²) in [5.74, 6) is -0.265. The molecule has 0 fully saturated rings. The van der Waals surface area contributed by atoms with E-state index >= 15 is 0 Å². The molecule has 22 heavy (non-hydrogen) atoms. The minimum absolute atomic E-state index is 0.199. The van der Waals surface area contributed by atoms with Crippen LogP contribution in [0.5, 0.6) is 0 Å². The molecular weight excluding hydrogens is 316 g/mol. The van der Waals surface area contributed by atoms with E-state index in [0.717, 1.165) is 16.1 Å². The highest BCUT2D eigenvalue weighted by Crippen LogP contribution is 2.33. The van der Waals surface area contributed by atoms with E-state index < -0.39 is 0 Å². The molecule has 0 unspecified atom stereocenters. The molecule has 0 aliphatic carbocycles. The van der Waals surface area contributed by atoms with E-state index in [4.69, 9.17) is 11.6 Å². The molecule has 2 heterocycles. The number of nitrogens with one attached hydrogen (secondary N) is 1. The summed E-state index contributed by atoms with van der Waals surface area (Å²) < 4.78 is 0. The summed E-state index contributed by atoms with van der Waals surface area (Å²) in [6.07, 6.45) is 1.56. The number of benzene rings is 1. The zero-order valence-corrected chi connectivity index (χ0v) is 13.4. The van der Waals surface area contributed by atoms with Crippen LogP contribution in [0.2, 0.25) is 5.15 Å².